The molecule has 0 nitrogen and oxygen atoms in total. The van der Waals surface area contributed by atoms with E-state index in [0.29, 0.717) is 0 Å². The molecule has 0 spiro atoms. The molecule has 0 saturated carbocycles. The Morgan fingerprint density at radius 1 is 1.12 bits per heavy atom. The van der Waals surface area contributed by atoms with Gasteiger partial charge in [-0.2, -0.15) is 0 Å². The topological polar surface area (TPSA) is 0 Å². The fourth-order valence-electron chi connectivity index (χ4n) is 2.95. The predicted molar refractivity (Wildman–Crippen MR) is 75.6 cm³/mol. The first kappa shape index (κ1) is 12.7. The van der Waals surface area contributed by atoms with Gasteiger partial charge >= 0.3 is 0 Å². The summed E-state index contributed by atoms with van der Waals surface area (Å²) >= 11 is 0. The Bertz CT molecular complexity index is 351. The van der Waals surface area contributed by atoms with Crippen molar-refractivity contribution in [2.24, 2.45) is 0 Å². The van der Waals surface area contributed by atoms with Gasteiger partial charge in [-0.25, -0.2) is 0 Å². The van der Waals surface area contributed by atoms with E-state index in [2.05, 4.69) is 32.0 Å². The number of rotatable bonds is 6. The third-order valence-corrected chi connectivity index (χ3v) is 4.16. The van der Waals surface area contributed by atoms with Gasteiger partial charge in [0.25, 0.3) is 0 Å². The summed E-state index contributed by atoms with van der Waals surface area (Å²) in [5, 5.41) is 0. The van der Waals surface area contributed by atoms with Gasteiger partial charge in [0.05, 0.1) is 0 Å². The van der Waals surface area contributed by atoms with Gasteiger partial charge in [0.2, 0.25) is 0 Å². The molecule has 2 rings (SSSR count). The first-order valence-corrected chi connectivity index (χ1v) is 7.43. The highest BCUT2D eigenvalue weighted by Gasteiger charge is 2.18. The third-order valence-electron chi connectivity index (χ3n) is 4.16. The van der Waals surface area contributed by atoms with E-state index in [0.717, 1.165) is 5.92 Å². The van der Waals surface area contributed by atoms with Gasteiger partial charge < -0.3 is 0 Å². The maximum absolute atomic E-state index is 2.48. The zero-order valence-electron chi connectivity index (χ0n) is 11.5. The van der Waals surface area contributed by atoms with Crippen LogP contribution in [0.25, 0.3) is 0 Å². The smallest absolute Gasteiger partial charge is 0.0184 e. The van der Waals surface area contributed by atoms with Crippen LogP contribution in [0.3, 0.4) is 0 Å². The molecule has 0 heterocycles. The molecule has 17 heavy (non-hydrogen) atoms. The molecule has 1 unspecified atom stereocenters. The van der Waals surface area contributed by atoms with Gasteiger partial charge in [-0.05, 0) is 48.3 Å². The normalized spacial score (nSPS) is 18.4. The molecule has 0 radical (unpaired) electrons. The van der Waals surface area contributed by atoms with Crippen molar-refractivity contribution in [3.05, 3.63) is 34.9 Å². The fraction of sp³-hybridized carbons (Fsp3) is 0.647. The maximum Gasteiger partial charge on any atom is -0.0184 e. The van der Waals surface area contributed by atoms with Crippen molar-refractivity contribution < 1.29 is 0 Å². The molecular weight excluding hydrogens is 204 g/mol. The van der Waals surface area contributed by atoms with Crippen LogP contribution in [0.1, 0.15) is 75.0 Å². The summed E-state index contributed by atoms with van der Waals surface area (Å²) < 4.78 is 0. The lowest BCUT2D eigenvalue weighted by molar-refractivity contribution is 0.632. The molecule has 0 amide bonds. The summed E-state index contributed by atoms with van der Waals surface area (Å²) in [6.45, 7) is 4.65. The molecular formula is C17H26. The second kappa shape index (κ2) is 6.23. The van der Waals surface area contributed by atoms with Gasteiger partial charge in [0.15, 0.2) is 0 Å². The van der Waals surface area contributed by atoms with Crippen molar-refractivity contribution in [2.45, 2.75) is 71.1 Å². The first-order chi connectivity index (χ1) is 8.31. The predicted octanol–water partition coefficient (Wildman–Crippen LogP) is 5.25. The van der Waals surface area contributed by atoms with Crippen LogP contribution in [0.2, 0.25) is 0 Å². The monoisotopic (exact) mass is 230 g/mol. The molecule has 0 saturated heterocycles. The zero-order valence-corrected chi connectivity index (χ0v) is 11.5. The van der Waals surface area contributed by atoms with Crippen LogP contribution in [0.5, 0.6) is 0 Å². The van der Waals surface area contributed by atoms with Gasteiger partial charge in [0.1, 0.15) is 0 Å². The van der Waals surface area contributed by atoms with Crippen molar-refractivity contribution in [1.29, 1.82) is 0 Å². The van der Waals surface area contributed by atoms with E-state index in [-0.39, 0.29) is 0 Å². The molecule has 0 fully saturated rings. The Labute approximate surface area is 106 Å². The van der Waals surface area contributed by atoms with Crippen LogP contribution in [0.15, 0.2) is 18.2 Å². The van der Waals surface area contributed by atoms with Crippen LogP contribution in [-0.4, -0.2) is 0 Å². The van der Waals surface area contributed by atoms with Crippen LogP contribution in [-0.2, 0) is 12.8 Å². The number of hydrogen-bond donors (Lipinski definition) is 0. The van der Waals surface area contributed by atoms with Gasteiger partial charge in [0, 0.05) is 0 Å². The summed E-state index contributed by atoms with van der Waals surface area (Å²) in [6, 6.07) is 7.21. The van der Waals surface area contributed by atoms with Crippen molar-refractivity contribution in [1.82, 2.24) is 0 Å². The standard InChI is InChI=1S/C17H26/c1-3-4-5-6-7-8-15-10-12-16-11-9-14(2)17(16)13-15/h10,12-14H,3-9,11H2,1-2H3. The highest BCUT2D eigenvalue weighted by atomic mass is 14.2. The van der Waals surface area contributed by atoms with E-state index in [4.69, 9.17) is 0 Å². The van der Waals surface area contributed by atoms with Gasteiger partial charge in [-0.3, -0.25) is 0 Å². The number of unbranched alkanes of at least 4 members (excludes halogenated alkanes) is 4. The molecule has 0 heteroatoms. The van der Waals surface area contributed by atoms with Crippen molar-refractivity contribution in [3.63, 3.8) is 0 Å². The molecule has 1 aromatic carbocycles. The quantitative estimate of drug-likeness (QED) is 0.586. The van der Waals surface area contributed by atoms with Crippen LogP contribution in [0, 0.1) is 0 Å². The Morgan fingerprint density at radius 2 is 1.94 bits per heavy atom. The Kier molecular flexibility index (Phi) is 4.65. The minimum atomic E-state index is 0.796. The molecule has 1 aliphatic rings. The highest BCUT2D eigenvalue weighted by Crippen LogP contribution is 2.33. The van der Waals surface area contributed by atoms with Crippen LogP contribution >= 0.6 is 0 Å². The van der Waals surface area contributed by atoms with Gasteiger partial charge in [-0.15, -0.1) is 0 Å². The summed E-state index contributed by atoms with van der Waals surface area (Å²) in [4.78, 5) is 0. The van der Waals surface area contributed by atoms with Gasteiger partial charge in [-0.1, -0.05) is 57.7 Å². The van der Waals surface area contributed by atoms with E-state index in [1.165, 1.54) is 51.4 Å². The molecule has 1 atom stereocenters. The molecule has 1 aliphatic carbocycles. The fourth-order valence-corrected chi connectivity index (χ4v) is 2.95. The zero-order chi connectivity index (χ0) is 12.1. The maximum atomic E-state index is 2.48. The van der Waals surface area contributed by atoms with Crippen molar-refractivity contribution >= 4 is 0 Å². The summed E-state index contributed by atoms with van der Waals surface area (Å²) in [5.74, 6) is 0.796. The van der Waals surface area contributed by atoms with E-state index >= 15 is 0 Å². The number of hydrogen-bond acceptors (Lipinski definition) is 0. The van der Waals surface area contributed by atoms with E-state index in [1.54, 1.807) is 16.7 Å². The third kappa shape index (κ3) is 3.34. The summed E-state index contributed by atoms with van der Waals surface area (Å²) in [5.41, 5.74) is 4.80. The molecule has 0 N–H and O–H groups in total. The summed E-state index contributed by atoms with van der Waals surface area (Å²) in [6.07, 6.45) is 10.9. The van der Waals surface area contributed by atoms with Crippen molar-refractivity contribution in [2.75, 3.05) is 0 Å². The largest absolute Gasteiger partial charge is 0.0654 e. The lowest BCUT2D eigenvalue weighted by Gasteiger charge is -2.08. The van der Waals surface area contributed by atoms with Crippen LogP contribution < -0.4 is 0 Å². The first-order valence-electron chi connectivity index (χ1n) is 7.43. The minimum Gasteiger partial charge on any atom is -0.0654 e. The molecule has 94 valence electrons. The average molecular weight is 230 g/mol. The summed E-state index contributed by atoms with van der Waals surface area (Å²) in [7, 11) is 0. The molecule has 0 bridgehead atoms. The van der Waals surface area contributed by atoms with E-state index in [9.17, 15) is 0 Å². The molecule has 1 aromatic rings. The molecule has 0 aliphatic heterocycles. The van der Waals surface area contributed by atoms with E-state index < -0.39 is 0 Å². The number of aryl methyl sites for hydroxylation is 2. The Morgan fingerprint density at radius 3 is 2.76 bits per heavy atom. The van der Waals surface area contributed by atoms with Crippen molar-refractivity contribution in [3.8, 4) is 0 Å². The second-order valence-corrected chi connectivity index (χ2v) is 5.64. The second-order valence-electron chi connectivity index (χ2n) is 5.64. The number of fused-ring (bicyclic) bond motifs is 1. The minimum absolute atomic E-state index is 0.796. The van der Waals surface area contributed by atoms with Crippen LogP contribution in [0.4, 0.5) is 0 Å². The molecule has 0 aromatic heterocycles. The SMILES string of the molecule is CCCCCCCc1ccc2c(c1)C(C)CC2. The van der Waals surface area contributed by atoms with E-state index in [1.807, 2.05) is 0 Å². The Hall–Kier alpha value is -0.780. The lowest BCUT2D eigenvalue weighted by Crippen LogP contribution is -1.91. The highest BCUT2D eigenvalue weighted by molar-refractivity contribution is 5.38. The lowest BCUT2D eigenvalue weighted by atomic mass is 9.98. The average Bonchev–Trinajstić information content (AvgIpc) is 2.71. The Balaban J connectivity index is 1.83. The number of benzene rings is 1.